The molecule has 140 valence electrons. The van der Waals surface area contributed by atoms with Crippen LogP contribution < -0.4 is 0 Å². The first-order valence-electron chi connectivity index (χ1n) is 9.04. The van der Waals surface area contributed by atoms with Crippen LogP contribution in [-0.2, 0) is 0 Å². The van der Waals surface area contributed by atoms with Crippen molar-refractivity contribution in [2.24, 2.45) is 0 Å². The van der Waals surface area contributed by atoms with E-state index in [1.54, 1.807) is 6.20 Å². The van der Waals surface area contributed by atoms with E-state index in [1.807, 2.05) is 18.3 Å². The third-order valence-corrected chi connectivity index (χ3v) is 5.15. The maximum absolute atomic E-state index is 13.4. The largest absolute Gasteiger partial charge is 0.306 e. The van der Waals surface area contributed by atoms with E-state index in [0.717, 1.165) is 49.3 Å². The topological polar surface area (TPSA) is 46.8 Å². The Kier molecular flexibility index (Phi) is 4.70. The van der Waals surface area contributed by atoms with E-state index in [4.69, 9.17) is 0 Å². The molecular formula is C20H21F2N5. The molecule has 0 amide bonds. The SMILES string of the molecule is Cc1c(C=Cc2cnc3cc(F)c(F)cc3n2)cnn1C1CCN(C)CC1. The lowest BCUT2D eigenvalue weighted by Crippen LogP contribution is -2.32. The highest BCUT2D eigenvalue weighted by atomic mass is 19.2. The van der Waals surface area contributed by atoms with Crippen LogP contribution in [0.5, 0.6) is 0 Å². The minimum atomic E-state index is -0.923. The molecule has 1 aromatic carbocycles. The van der Waals surface area contributed by atoms with E-state index in [2.05, 4.69) is 38.6 Å². The molecule has 27 heavy (non-hydrogen) atoms. The van der Waals surface area contributed by atoms with E-state index in [1.165, 1.54) is 0 Å². The quantitative estimate of drug-likeness (QED) is 0.704. The number of nitrogens with zero attached hydrogens (tertiary/aromatic N) is 5. The zero-order valence-electron chi connectivity index (χ0n) is 15.4. The second kappa shape index (κ2) is 7.15. The molecule has 3 aromatic rings. The van der Waals surface area contributed by atoms with Crippen molar-refractivity contribution in [3.05, 3.63) is 53.1 Å². The Morgan fingerprint density at radius 3 is 2.48 bits per heavy atom. The number of fused-ring (bicyclic) bond motifs is 1. The number of likely N-dealkylation sites (tertiary alicyclic amines) is 1. The van der Waals surface area contributed by atoms with Gasteiger partial charge in [-0.3, -0.25) is 9.67 Å². The maximum atomic E-state index is 13.4. The minimum Gasteiger partial charge on any atom is -0.306 e. The van der Waals surface area contributed by atoms with Crippen molar-refractivity contribution in [2.45, 2.75) is 25.8 Å². The molecule has 0 spiro atoms. The van der Waals surface area contributed by atoms with Crippen LogP contribution in [0.2, 0.25) is 0 Å². The summed E-state index contributed by atoms with van der Waals surface area (Å²) in [5.41, 5.74) is 3.37. The summed E-state index contributed by atoms with van der Waals surface area (Å²) >= 11 is 0. The van der Waals surface area contributed by atoms with E-state index < -0.39 is 11.6 Å². The molecule has 0 radical (unpaired) electrons. The van der Waals surface area contributed by atoms with Crippen LogP contribution in [0, 0.1) is 18.6 Å². The smallest absolute Gasteiger partial charge is 0.161 e. The Hall–Kier alpha value is -2.67. The first kappa shape index (κ1) is 17.7. The molecule has 5 nitrogen and oxygen atoms in total. The Morgan fingerprint density at radius 2 is 1.74 bits per heavy atom. The highest BCUT2D eigenvalue weighted by Gasteiger charge is 2.20. The number of halogens is 2. The van der Waals surface area contributed by atoms with Gasteiger partial charge in [-0.2, -0.15) is 5.10 Å². The second-order valence-electron chi connectivity index (χ2n) is 7.05. The second-order valence-corrected chi connectivity index (χ2v) is 7.05. The lowest BCUT2D eigenvalue weighted by molar-refractivity contribution is 0.210. The molecule has 0 bridgehead atoms. The van der Waals surface area contributed by atoms with Gasteiger partial charge >= 0.3 is 0 Å². The summed E-state index contributed by atoms with van der Waals surface area (Å²) in [6, 6.07) is 2.56. The van der Waals surface area contributed by atoms with Gasteiger partial charge in [0.1, 0.15) is 0 Å². The summed E-state index contributed by atoms with van der Waals surface area (Å²) in [4.78, 5) is 10.8. The van der Waals surface area contributed by atoms with Gasteiger partial charge in [-0.05, 0) is 52.1 Å². The highest BCUT2D eigenvalue weighted by Crippen LogP contribution is 2.24. The monoisotopic (exact) mass is 369 g/mol. The molecule has 2 aromatic heterocycles. The minimum absolute atomic E-state index is 0.329. The molecule has 7 heteroatoms. The molecule has 0 unspecified atom stereocenters. The predicted octanol–water partition coefficient (Wildman–Crippen LogP) is 3.85. The third-order valence-electron chi connectivity index (χ3n) is 5.15. The average molecular weight is 369 g/mol. The van der Waals surface area contributed by atoms with Crippen LogP contribution in [0.3, 0.4) is 0 Å². The van der Waals surface area contributed by atoms with Crippen molar-refractivity contribution >= 4 is 23.2 Å². The van der Waals surface area contributed by atoms with Gasteiger partial charge < -0.3 is 4.90 Å². The van der Waals surface area contributed by atoms with Crippen molar-refractivity contribution < 1.29 is 8.78 Å². The van der Waals surface area contributed by atoms with Gasteiger partial charge in [0.2, 0.25) is 0 Å². The molecule has 1 saturated heterocycles. The van der Waals surface area contributed by atoms with Crippen LogP contribution in [0.15, 0.2) is 24.5 Å². The molecule has 0 saturated carbocycles. The van der Waals surface area contributed by atoms with Crippen molar-refractivity contribution in [1.82, 2.24) is 24.6 Å². The summed E-state index contributed by atoms with van der Waals surface area (Å²) < 4.78 is 28.8. The number of piperidine rings is 1. The Labute approximate surface area is 156 Å². The number of rotatable bonds is 3. The van der Waals surface area contributed by atoms with Crippen LogP contribution in [0.4, 0.5) is 8.78 Å². The van der Waals surface area contributed by atoms with Crippen LogP contribution >= 0.6 is 0 Å². The number of hydrogen-bond acceptors (Lipinski definition) is 4. The Balaban J connectivity index is 1.56. The summed E-state index contributed by atoms with van der Waals surface area (Å²) in [6.45, 7) is 4.23. The third kappa shape index (κ3) is 3.60. The molecule has 1 fully saturated rings. The fourth-order valence-electron chi connectivity index (χ4n) is 3.49. The Morgan fingerprint density at radius 1 is 1.04 bits per heavy atom. The summed E-state index contributed by atoms with van der Waals surface area (Å²) in [5.74, 6) is -1.84. The average Bonchev–Trinajstić information content (AvgIpc) is 3.02. The molecule has 4 rings (SSSR count). The summed E-state index contributed by atoms with van der Waals surface area (Å²) in [6.07, 6.45) is 9.35. The van der Waals surface area contributed by atoms with Gasteiger partial charge in [0, 0.05) is 23.4 Å². The van der Waals surface area contributed by atoms with Crippen molar-refractivity contribution in [2.75, 3.05) is 20.1 Å². The van der Waals surface area contributed by atoms with Crippen LogP contribution in [-0.4, -0.2) is 44.8 Å². The number of benzene rings is 1. The van der Waals surface area contributed by atoms with E-state index in [-0.39, 0.29) is 0 Å². The first-order chi connectivity index (χ1) is 13.0. The molecule has 1 aliphatic rings. The number of hydrogen-bond donors (Lipinski definition) is 0. The van der Waals surface area contributed by atoms with E-state index in [9.17, 15) is 8.78 Å². The Bertz CT molecular complexity index is 1000. The molecular weight excluding hydrogens is 348 g/mol. The van der Waals surface area contributed by atoms with Gasteiger partial charge in [0.15, 0.2) is 11.6 Å². The fourth-order valence-corrected chi connectivity index (χ4v) is 3.49. The van der Waals surface area contributed by atoms with Gasteiger partial charge in [-0.15, -0.1) is 0 Å². The lowest BCUT2D eigenvalue weighted by Gasteiger charge is -2.29. The van der Waals surface area contributed by atoms with Crippen molar-refractivity contribution in [3.8, 4) is 0 Å². The van der Waals surface area contributed by atoms with Crippen LogP contribution in [0.1, 0.15) is 35.8 Å². The van der Waals surface area contributed by atoms with E-state index >= 15 is 0 Å². The fraction of sp³-hybridized carbons (Fsp3) is 0.350. The highest BCUT2D eigenvalue weighted by molar-refractivity contribution is 5.77. The van der Waals surface area contributed by atoms with Gasteiger partial charge in [-0.1, -0.05) is 0 Å². The number of aromatic nitrogens is 4. The van der Waals surface area contributed by atoms with Crippen molar-refractivity contribution in [3.63, 3.8) is 0 Å². The predicted molar refractivity (Wildman–Crippen MR) is 101 cm³/mol. The van der Waals surface area contributed by atoms with Gasteiger partial charge in [0.25, 0.3) is 0 Å². The zero-order valence-corrected chi connectivity index (χ0v) is 15.4. The zero-order chi connectivity index (χ0) is 19.0. The molecule has 0 aliphatic carbocycles. The molecule has 3 heterocycles. The summed E-state index contributed by atoms with van der Waals surface area (Å²) in [5, 5.41) is 4.57. The molecule has 0 N–H and O–H groups in total. The van der Waals surface area contributed by atoms with E-state index in [0.29, 0.717) is 22.8 Å². The lowest BCUT2D eigenvalue weighted by atomic mass is 10.1. The normalized spacial score (nSPS) is 16.6. The van der Waals surface area contributed by atoms with Crippen molar-refractivity contribution in [1.29, 1.82) is 0 Å². The van der Waals surface area contributed by atoms with Gasteiger partial charge in [-0.25, -0.2) is 13.8 Å². The maximum Gasteiger partial charge on any atom is 0.161 e. The first-order valence-corrected chi connectivity index (χ1v) is 9.04. The standard InChI is InChI=1S/C20H21F2N5/c1-13-14(11-24-27(13)16-5-7-26(2)8-6-16)3-4-15-12-23-19-9-17(21)18(22)10-20(19)25-15/h3-4,9-12,16H,5-8H2,1-2H3. The van der Waals surface area contributed by atoms with Gasteiger partial charge in [0.05, 0.1) is 35.2 Å². The van der Waals surface area contributed by atoms with Crippen LogP contribution in [0.25, 0.3) is 23.2 Å². The summed E-state index contributed by atoms with van der Waals surface area (Å²) in [7, 11) is 2.14. The molecule has 0 atom stereocenters. The molecule has 1 aliphatic heterocycles.